The fraction of sp³-hybridized carbons (Fsp3) is 0.564. The SMILES string of the molecule is CCCCOn1c(C(=O)NC[C@H](CCCCNC(=O)OC(C)(C)C)NC(=O)c2ccc(C(=O)N3CCSC3=S)c(=O)n2OCCCC)ccc(C(=O)N2CCSC2=S)c1=O. The molecule has 0 radical (unpaired) electrons. The third-order valence-corrected chi connectivity index (χ3v) is 11.8. The molecule has 1 atom stereocenters. The van der Waals surface area contributed by atoms with E-state index in [9.17, 15) is 33.6 Å². The largest absolute Gasteiger partial charge is 0.444 e. The molecule has 0 aromatic carbocycles. The van der Waals surface area contributed by atoms with E-state index in [1.165, 1.54) is 57.6 Å². The summed E-state index contributed by atoms with van der Waals surface area (Å²) in [6.45, 7) is 10.1. The Morgan fingerprint density at radius 2 is 1.23 bits per heavy atom. The Morgan fingerprint density at radius 3 is 1.68 bits per heavy atom. The standard InChI is InChI=1S/C39H53N7O10S4/c1-6-8-20-54-45-28(15-13-26(34(45)51)32(49)43-18-22-59-37(43)57)30(47)41-24-25(12-10-11-17-40-36(53)56-39(3,4)5)42-31(48)29-16-14-27(33(50)44-19-23-60-38(44)58)35(52)46(29)55-21-9-7-2/h13-16,25H,6-12,17-24H2,1-5H3,(H,40,53)(H,41,47)(H,42,48)/t25-/m0/s1. The van der Waals surface area contributed by atoms with Gasteiger partial charge in [0.05, 0.1) is 0 Å². The minimum atomic E-state index is -0.824. The van der Waals surface area contributed by atoms with Crippen molar-refractivity contribution in [2.24, 2.45) is 0 Å². The van der Waals surface area contributed by atoms with Crippen LogP contribution >= 0.6 is 48.0 Å². The van der Waals surface area contributed by atoms with E-state index in [0.717, 1.165) is 22.3 Å². The lowest BCUT2D eigenvalue weighted by Crippen LogP contribution is -2.47. The van der Waals surface area contributed by atoms with Gasteiger partial charge in [0, 0.05) is 43.7 Å². The van der Waals surface area contributed by atoms with E-state index in [1.807, 2.05) is 13.8 Å². The van der Waals surface area contributed by atoms with Gasteiger partial charge in [-0.15, -0.1) is 9.46 Å². The van der Waals surface area contributed by atoms with Crippen molar-refractivity contribution in [3.05, 3.63) is 67.5 Å². The highest BCUT2D eigenvalue weighted by Crippen LogP contribution is 2.21. The van der Waals surface area contributed by atoms with Crippen molar-refractivity contribution in [2.45, 2.75) is 91.2 Å². The Hall–Kier alpha value is -4.47. The number of rotatable bonds is 20. The van der Waals surface area contributed by atoms with Gasteiger partial charge in [0.1, 0.15) is 50.0 Å². The minimum Gasteiger partial charge on any atom is -0.444 e. The van der Waals surface area contributed by atoms with E-state index < -0.39 is 52.5 Å². The number of thioether (sulfide) groups is 2. The van der Waals surface area contributed by atoms with Crippen LogP contribution in [0.2, 0.25) is 0 Å². The summed E-state index contributed by atoms with van der Waals surface area (Å²) in [5.74, 6) is -1.42. The molecular formula is C39H53N7O10S4. The number of carbonyl (C=O) groups is 5. The Balaban J connectivity index is 1.58. The lowest BCUT2D eigenvalue weighted by atomic mass is 10.1. The topological polar surface area (TPSA) is 200 Å². The van der Waals surface area contributed by atoms with Crippen molar-refractivity contribution in [1.29, 1.82) is 0 Å². The van der Waals surface area contributed by atoms with Crippen LogP contribution in [0.15, 0.2) is 33.9 Å². The van der Waals surface area contributed by atoms with Crippen LogP contribution in [-0.2, 0) is 4.74 Å². The van der Waals surface area contributed by atoms with E-state index in [1.54, 1.807) is 20.8 Å². The molecule has 0 bridgehead atoms. The second kappa shape index (κ2) is 22.9. The predicted octanol–water partition coefficient (Wildman–Crippen LogP) is 3.64. The molecule has 5 amide bonds. The van der Waals surface area contributed by atoms with Gasteiger partial charge in [0.25, 0.3) is 34.7 Å². The number of carbonyl (C=O) groups excluding carboxylic acids is 5. The molecule has 2 aliphatic rings. The summed E-state index contributed by atoms with van der Waals surface area (Å²) in [4.78, 5) is 108. The Kier molecular flexibility index (Phi) is 18.4. The highest BCUT2D eigenvalue weighted by atomic mass is 32.2. The van der Waals surface area contributed by atoms with Gasteiger partial charge in [-0.1, -0.05) is 74.6 Å². The predicted molar refractivity (Wildman–Crippen MR) is 238 cm³/mol. The maximum atomic E-state index is 14.0. The highest BCUT2D eigenvalue weighted by molar-refractivity contribution is 8.23. The molecule has 2 aromatic heterocycles. The quantitative estimate of drug-likeness (QED) is 0.129. The second-order valence-corrected chi connectivity index (χ2v) is 18.2. The van der Waals surface area contributed by atoms with Crippen molar-refractivity contribution >= 4 is 86.3 Å². The molecule has 2 saturated heterocycles. The van der Waals surface area contributed by atoms with Crippen LogP contribution in [0.4, 0.5) is 4.79 Å². The average molecular weight is 908 g/mol. The van der Waals surface area contributed by atoms with Crippen molar-refractivity contribution in [3.8, 4) is 0 Å². The number of hydrogen-bond donors (Lipinski definition) is 3. The zero-order valence-corrected chi connectivity index (χ0v) is 37.8. The first-order chi connectivity index (χ1) is 28.6. The van der Waals surface area contributed by atoms with Gasteiger partial charge in [-0.2, -0.15) is 0 Å². The van der Waals surface area contributed by atoms with Crippen LogP contribution in [0.3, 0.4) is 0 Å². The van der Waals surface area contributed by atoms with Crippen LogP contribution in [-0.4, -0.2) is 120 Å². The molecular weight excluding hydrogens is 855 g/mol. The average Bonchev–Trinajstić information content (AvgIpc) is 3.83. The van der Waals surface area contributed by atoms with Crippen LogP contribution in [0.1, 0.15) is 121 Å². The minimum absolute atomic E-state index is 0.0898. The van der Waals surface area contributed by atoms with E-state index in [4.69, 9.17) is 38.8 Å². The van der Waals surface area contributed by atoms with Crippen LogP contribution < -0.4 is 36.7 Å². The number of thiocarbonyl (C=S) groups is 2. The molecule has 0 aliphatic carbocycles. The number of alkyl carbamates (subject to hydrolysis) is 1. The lowest BCUT2D eigenvalue weighted by molar-refractivity contribution is 0.0526. The zero-order chi connectivity index (χ0) is 44.0. The summed E-state index contributed by atoms with van der Waals surface area (Å²) in [5.41, 5.74) is -3.09. The van der Waals surface area contributed by atoms with Gasteiger partial charge in [-0.3, -0.25) is 38.6 Å². The number of hydrogen-bond acceptors (Lipinski definition) is 14. The molecule has 4 heterocycles. The first-order valence-corrected chi connectivity index (χ1v) is 22.7. The molecule has 21 heteroatoms. The van der Waals surface area contributed by atoms with Crippen LogP contribution in [0, 0.1) is 0 Å². The van der Waals surface area contributed by atoms with Crippen molar-refractivity contribution in [1.82, 2.24) is 35.2 Å². The molecule has 17 nitrogen and oxygen atoms in total. The lowest BCUT2D eigenvalue weighted by Gasteiger charge is -2.22. The number of amides is 5. The molecule has 60 heavy (non-hydrogen) atoms. The van der Waals surface area contributed by atoms with Gasteiger partial charge in [-0.25, -0.2) is 4.79 Å². The molecule has 0 saturated carbocycles. The van der Waals surface area contributed by atoms with Gasteiger partial charge < -0.3 is 30.4 Å². The Morgan fingerprint density at radius 1 is 0.733 bits per heavy atom. The third kappa shape index (κ3) is 13.3. The summed E-state index contributed by atoms with van der Waals surface area (Å²) >= 11 is 13.2. The molecule has 0 spiro atoms. The van der Waals surface area contributed by atoms with Crippen molar-refractivity contribution < 1.29 is 38.4 Å². The fourth-order valence-electron chi connectivity index (χ4n) is 5.82. The molecule has 4 rings (SSSR count). The highest BCUT2D eigenvalue weighted by Gasteiger charge is 2.31. The molecule has 2 aromatic rings. The Bertz CT molecular complexity index is 2050. The Labute approximate surface area is 367 Å². The number of nitrogens with zero attached hydrogens (tertiary/aromatic N) is 4. The summed E-state index contributed by atoms with van der Waals surface area (Å²) < 4.78 is 7.63. The normalized spacial score (nSPS) is 14.5. The van der Waals surface area contributed by atoms with E-state index in [0.29, 0.717) is 65.3 Å². The smallest absolute Gasteiger partial charge is 0.407 e. The second-order valence-electron chi connectivity index (χ2n) is 14.8. The number of aromatic nitrogens is 2. The maximum Gasteiger partial charge on any atom is 0.407 e. The first-order valence-electron chi connectivity index (χ1n) is 19.9. The molecule has 2 fully saturated rings. The van der Waals surface area contributed by atoms with E-state index in [-0.39, 0.29) is 48.8 Å². The fourth-order valence-corrected chi connectivity index (χ4v) is 8.22. The molecule has 2 aliphatic heterocycles. The number of ether oxygens (including phenoxy) is 1. The van der Waals surface area contributed by atoms with E-state index >= 15 is 0 Å². The first kappa shape index (κ1) is 48.2. The number of pyridine rings is 2. The molecule has 328 valence electrons. The van der Waals surface area contributed by atoms with Gasteiger partial charge in [-0.05, 0) is 77.1 Å². The molecule has 0 unspecified atom stereocenters. The molecule has 3 N–H and O–H groups in total. The van der Waals surface area contributed by atoms with Gasteiger partial charge in [0.15, 0.2) is 0 Å². The third-order valence-electron chi connectivity index (χ3n) is 8.95. The number of unbranched alkanes of at least 4 members (excludes halogenated alkanes) is 3. The van der Waals surface area contributed by atoms with E-state index in [2.05, 4.69) is 16.0 Å². The van der Waals surface area contributed by atoms with Gasteiger partial charge in [0.2, 0.25) is 0 Å². The summed E-state index contributed by atoms with van der Waals surface area (Å²) in [6, 6.07) is 4.43. The zero-order valence-electron chi connectivity index (χ0n) is 34.5. The van der Waals surface area contributed by atoms with Crippen LogP contribution in [0.5, 0.6) is 0 Å². The summed E-state index contributed by atoms with van der Waals surface area (Å²) in [7, 11) is 0. The van der Waals surface area contributed by atoms with Crippen molar-refractivity contribution in [3.63, 3.8) is 0 Å². The summed E-state index contributed by atoms with van der Waals surface area (Å²) in [5, 5.41) is 8.35. The monoisotopic (exact) mass is 907 g/mol. The van der Waals surface area contributed by atoms with Crippen LogP contribution in [0.25, 0.3) is 0 Å². The summed E-state index contributed by atoms with van der Waals surface area (Å²) in [6.07, 6.45) is 3.29. The maximum absolute atomic E-state index is 14.0. The van der Waals surface area contributed by atoms with Gasteiger partial charge >= 0.3 is 6.09 Å². The van der Waals surface area contributed by atoms with Crippen molar-refractivity contribution in [2.75, 3.05) is 50.9 Å². The number of nitrogens with one attached hydrogen (secondary N) is 3.